The second-order valence-electron chi connectivity index (χ2n) is 4.41. The van der Waals surface area contributed by atoms with Crippen LogP contribution in [0.4, 0.5) is 5.69 Å². The highest BCUT2D eigenvalue weighted by molar-refractivity contribution is 6.31. The smallest absolute Gasteiger partial charge is 0.0589 e. The Morgan fingerprint density at radius 1 is 1.41 bits per heavy atom. The van der Waals surface area contributed by atoms with Gasteiger partial charge in [-0.1, -0.05) is 11.6 Å². The topological polar surface area (TPSA) is 38.5 Å². The lowest BCUT2D eigenvalue weighted by Gasteiger charge is -2.26. The average molecular weight is 257 g/mol. The summed E-state index contributed by atoms with van der Waals surface area (Å²) in [6.45, 7) is 6.73. The van der Waals surface area contributed by atoms with Crippen LogP contribution in [0.2, 0.25) is 5.02 Å². The second kappa shape index (κ2) is 6.84. The van der Waals surface area contributed by atoms with Gasteiger partial charge < -0.3 is 10.5 Å². The van der Waals surface area contributed by atoms with Crippen molar-refractivity contribution >= 4 is 17.3 Å². The van der Waals surface area contributed by atoms with Crippen molar-refractivity contribution < 1.29 is 4.74 Å². The highest BCUT2D eigenvalue weighted by Crippen LogP contribution is 2.21. The monoisotopic (exact) mass is 256 g/mol. The molecule has 0 atom stereocenters. The summed E-state index contributed by atoms with van der Waals surface area (Å²) in [5.41, 5.74) is 7.59. The Kier molecular flexibility index (Phi) is 5.75. The average Bonchev–Trinajstić information content (AvgIpc) is 2.28. The Morgan fingerprint density at radius 2 is 2.12 bits per heavy atom. The minimum absolute atomic E-state index is 0.447. The standard InChI is InChI=1S/C13H21ClN2O/c1-10(2)16(6-7-17-3)9-11-8-12(15)4-5-13(11)14/h4-5,8,10H,6-7,9,15H2,1-3H3. The lowest BCUT2D eigenvalue weighted by molar-refractivity contribution is 0.125. The van der Waals surface area contributed by atoms with Crippen LogP contribution >= 0.6 is 11.6 Å². The van der Waals surface area contributed by atoms with Crippen molar-refractivity contribution in [2.24, 2.45) is 0 Å². The molecular formula is C13H21ClN2O. The third-order valence-electron chi connectivity index (χ3n) is 2.76. The molecule has 96 valence electrons. The Balaban J connectivity index is 2.74. The SMILES string of the molecule is COCCN(Cc1cc(N)ccc1Cl)C(C)C. The van der Waals surface area contributed by atoms with Crippen LogP contribution in [-0.4, -0.2) is 31.2 Å². The van der Waals surface area contributed by atoms with Gasteiger partial charge in [-0.05, 0) is 37.6 Å². The maximum atomic E-state index is 6.17. The fourth-order valence-electron chi connectivity index (χ4n) is 1.66. The van der Waals surface area contributed by atoms with Gasteiger partial charge in [0.1, 0.15) is 0 Å². The number of nitrogens with two attached hydrogens (primary N) is 1. The van der Waals surface area contributed by atoms with Crippen LogP contribution in [0.1, 0.15) is 19.4 Å². The van der Waals surface area contributed by atoms with Gasteiger partial charge in [-0.25, -0.2) is 0 Å². The predicted octanol–water partition coefficient (Wildman–Crippen LogP) is 2.78. The number of ether oxygens (including phenoxy) is 1. The van der Waals surface area contributed by atoms with E-state index >= 15 is 0 Å². The van der Waals surface area contributed by atoms with Crippen LogP contribution in [0.25, 0.3) is 0 Å². The van der Waals surface area contributed by atoms with Crippen LogP contribution in [0.5, 0.6) is 0 Å². The Labute approximate surface area is 109 Å². The zero-order valence-corrected chi connectivity index (χ0v) is 11.5. The van der Waals surface area contributed by atoms with Crippen molar-refractivity contribution in [1.82, 2.24) is 4.90 Å². The number of methoxy groups -OCH3 is 1. The Hall–Kier alpha value is -0.770. The normalized spacial score (nSPS) is 11.4. The number of nitrogens with zero attached hydrogens (tertiary/aromatic N) is 1. The highest BCUT2D eigenvalue weighted by atomic mass is 35.5. The van der Waals surface area contributed by atoms with Crippen molar-refractivity contribution in [3.63, 3.8) is 0 Å². The number of nitrogen functional groups attached to an aromatic ring is 1. The van der Waals surface area contributed by atoms with Crippen molar-refractivity contribution in [1.29, 1.82) is 0 Å². The molecule has 0 bridgehead atoms. The molecule has 0 aliphatic heterocycles. The van der Waals surface area contributed by atoms with E-state index < -0.39 is 0 Å². The van der Waals surface area contributed by atoms with Gasteiger partial charge in [-0.15, -0.1) is 0 Å². The molecule has 0 heterocycles. The van der Waals surface area contributed by atoms with Gasteiger partial charge in [0.2, 0.25) is 0 Å². The van der Waals surface area contributed by atoms with E-state index in [1.165, 1.54) is 0 Å². The molecule has 0 spiro atoms. The Morgan fingerprint density at radius 3 is 2.71 bits per heavy atom. The minimum atomic E-state index is 0.447. The van der Waals surface area contributed by atoms with E-state index in [-0.39, 0.29) is 0 Å². The maximum Gasteiger partial charge on any atom is 0.0589 e. The van der Waals surface area contributed by atoms with Gasteiger partial charge in [0.05, 0.1) is 6.61 Å². The minimum Gasteiger partial charge on any atom is -0.399 e. The van der Waals surface area contributed by atoms with E-state index in [9.17, 15) is 0 Å². The number of rotatable bonds is 6. The molecule has 3 nitrogen and oxygen atoms in total. The second-order valence-corrected chi connectivity index (χ2v) is 4.82. The summed E-state index contributed by atoms with van der Waals surface area (Å²) >= 11 is 6.17. The largest absolute Gasteiger partial charge is 0.399 e. The summed E-state index contributed by atoms with van der Waals surface area (Å²) in [5.74, 6) is 0. The van der Waals surface area contributed by atoms with Gasteiger partial charge in [-0.3, -0.25) is 4.90 Å². The van der Waals surface area contributed by atoms with E-state index in [1.807, 2.05) is 18.2 Å². The summed E-state index contributed by atoms with van der Waals surface area (Å²) in [6.07, 6.45) is 0. The predicted molar refractivity (Wildman–Crippen MR) is 73.3 cm³/mol. The highest BCUT2D eigenvalue weighted by Gasteiger charge is 2.12. The molecule has 2 N–H and O–H groups in total. The molecule has 0 radical (unpaired) electrons. The molecule has 0 unspecified atom stereocenters. The van der Waals surface area contributed by atoms with Gasteiger partial charge in [0.25, 0.3) is 0 Å². The molecule has 0 aromatic heterocycles. The molecule has 0 saturated heterocycles. The van der Waals surface area contributed by atoms with Crippen LogP contribution in [0.3, 0.4) is 0 Å². The molecule has 0 aliphatic carbocycles. The summed E-state index contributed by atoms with van der Waals surface area (Å²) in [5, 5.41) is 0.766. The van der Waals surface area contributed by atoms with E-state index in [0.717, 1.165) is 36.0 Å². The van der Waals surface area contributed by atoms with Crippen molar-refractivity contribution in [2.75, 3.05) is 26.0 Å². The zero-order chi connectivity index (χ0) is 12.8. The first-order valence-corrected chi connectivity index (χ1v) is 6.19. The van der Waals surface area contributed by atoms with E-state index in [2.05, 4.69) is 18.7 Å². The van der Waals surface area contributed by atoms with Crippen LogP contribution in [-0.2, 0) is 11.3 Å². The summed E-state index contributed by atoms with van der Waals surface area (Å²) < 4.78 is 5.11. The molecular weight excluding hydrogens is 236 g/mol. The van der Waals surface area contributed by atoms with E-state index in [1.54, 1.807) is 7.11 Å². The molecule has 1 aromatic rings. The molecule has 0 aliphatic rings. The molecule has 17 heavy (non-hydrogen) atoms. The molecule has 0 fully saturated rings. The van der Waals surface area contributed by atoms with Crippen molar-refractivity contribution in [2.45, 2.75) is 26.4 Å². The van der Waals surface area contributed by atoms with Crippen molar-refractivity contribution in [3.05, 3.63) is 28.8 Å². The zero-order valence-electron chi connectivity index (χ0n) is 10.7. The van der Waals surface area contributed by atoms with Crippen LogP contribution < -0.4 is 5.73 Å². The fraction of sp³-hybridized carbons (Fsp3) is 0.538. The lowest BCUT2D eigenvalue weighted by atomic mass is 10.1. The molecule has 1 aromatic carbocycles. The van der Waals surface area contributed by atoms with Crippen LogP contribution in [0.15, 0.2) is 18.2 Å². The maximum absolute atomic E-state index is 6.17. The molecule has 0 amide bonds. The van der Waals surface area contributed by atoms with E-state index in [4.69, 9.17) is 22.1 Å². The van der Waals surface area contributed by atoms with Gasteiger partial charge in [0, 0.05) is 37.0 Å². The fourth-order valence-corrected chi connectivity index (χ4v) is 1.84. The number of anilines is 1. The third kappa shape index (κ3) is 4.54. The molecule has 0 saturated carbocycles. The lowest BCUT2D eigenvalue weighted by Crippen LogP contribution is -2.33. The summed E-state index contributed by atoms with van der Waals surface area (Å²) in [6, 6.07) is 6.05. The van der Waals surface area contributed by atoms with Gasteiger partial charge >= 0.3 is 0 Å². The Bertz CT molecular complexity index is 355. The first-order chi connectivity index (χ1) is 8.04. The van der Waals surface area contributed by atoms with Crippen molar-refractivity contribution in [3.8, 4) is 0 Å². The van der Waals surface area contributed by atoms with Gasteiger partial charge in [0.15, 0.2) is 0 Å². The number of hydrogen-bond acceptors (Lipinski definition) is 3. The molecule has 4 heteroatoms. The molecule has 1 rings (SSSR count). The van der Waals surface area contributed by atoms with Crippen LogP contribution in [0, 0.1) is 0 Å². The van der Waals surface area contributed by atoms with E-state index in [0.29, 0.717) is 6.04 Å². The summed E-state index contributed by atoms with van der Waals surface area (Å²) in [4.78, 5) is 2.31. The number of benzene rings is 1. The summed E-state index contributed by atoms with van der Waals surface area (Å²) in [7, 11) is 1.71. The number of halogens is 1. The quantitative estimate of drug-likeness (QED) is 0.796. The number of hydrogen-bond donors (Lipinski definition) is 1. The first-order valence-electron chi connectivity index (χ1n) is 5.81. The van der Waals surface area contributed by atoms with Gasteiger partial charge in [-0.2, -0.15) is 0 Å². The third-order valence-corrected chi connectivity index (χ3v) is 3.12. The first kappa shape index (κ1) is 14.3.